The monoisotopic (exact) mass is 350 g/mol. The molecule has 0 spiro atoms. The van der Waals surface area contributed by atoms with Crippen LogP contribution in [0, 0.1) is 0 Å². The molecular weight excluding hydrogens is 320 g/mol. The van der Waals surface area contributed by atoms with E-state index in [1.165, 1.54) is 0 Å². The lowest BCUT2D eigenvalue weighted by atomic mass is 10.2. The maximum Gasteiger partial charge on any atom is 0.408 e. The Kier molecular flexibility index (Phi) is 8.99. The van der Waals surface area contributed by atoms with Crippen LogP contribution >= 0.6 is 0 Å². The zero-order chi connectivity index (χ0) is 18.8. The molecule has 6 heteroatoms. The number of hydrogen-bond acceptors (Lipinski definition) is 5. The predicted molar refractivity (Wildman–Crippen MR) is 97.2 cm³/mol. The van der Waals surface area contributed by atoms with Gasteiger partial charge in [-0.3, -0.25) is 4.90 Å². The Morgan fingerprint density at radius 3 is 2.16 bits per heavy atom. The first-order valence-electron chi connectivity index (χ1n) is 8.70. The fourth-order valence-corrected chi connectivity index (χ4v) is 2.49. The zero-order valence-corrected chi connectivity index (χ0v) is 15.8. The van der Waals surface area contributed by atoms with E-state index in [4.69, 9.17) is 9.47 Å². The topological polar surface area (TPSA) is 67.9 Å². The van der Waals surface area contributed by atoms with Gasteiger partial charge >= 0.3 is 12.1 Å². The van der Waals surface area contributed by atoms with Crippen LogP contribution < -0.4 is 5.32 Å². The molecule has 0 bridgehead atoms. The van der Waals surface area contributed by atoms with Crippen LogP contribution in [-0.2, 0) is 20.9 Å². The maximum atomic E-state index is 12.0. The van der Waals surface area contributed by atoms with Crippen molar-refractivity contribution in [2.24, 2.45) is 0 Å². The predicted octanol–water partition coefficient (Wildman–Crippen LogP) is 2.96. The Morgan fingerprint density at radius 1 is 1.00 bits per heavy atom. The average molecular weight is 350 g/mol. The number of amides is 1. The van der Waals surface area contributed by atoms with Crippen LogP contribution in [0.15, 0.2) is 30.3 Å². The normalized spacial score (nSPS) is 12.3. The van der Waals surface area contributed by atoms with E-state index < -0.39 is 18.1 Å². The Morgan fingerprint density at radius 2 is 1.60 bits per heavy atom. The van der Waals surface area contributed by atoms with E-state index in [9.17, 15) is 9.59 Å². The minimum absolute atomic E-state index is 0.159. The number of carbonyl (C=O) groups is 2. The first kappa shape index (κ1) is 21.0. The van der Waals surface area contributed by atoms with Crippen molar-refractivity contribution in [1.29, 1.82) is 0 Å². The lowest BCUT2D eigenvalue weighted by molar-refractivity contribution is -0.146. The SMILES string of the molecule is CC(C)N(CCOC(=O)[C@H](C)NC(=O)OCc1ccccc1)C(C)C. The van der Waals surface area contributed by atoms with Gasteiger partial charge in [0.15, 0.2) is 0 Å². The van der Waals surface area contributed by atoms with Gasteiger partial charge in [0.2, 0.25) is 0 Å². The number of alkyl carbamates (subject to hydrolysis) is 1. The number of ether oxygens (including phenoxy) is 2. The van der Waals surface area contributed by atoms with Crippen LogP contribution in [-0.4, -0.2) is 48.2 Å². The largest absolute Gasteiger partial charge is 0.463 e. The molecule has 25 heavy (non-hydrogen) atoms. The van der Waals surface area contributed by atoms with Crippen LogP contribution in [0.4, 0.5) is 4.79 Å². The minimum Gasteiger partial charge on any atom is -0.463 e. The number of hydrogen-bond donors (Lipinski definition) is 1. The highest BCUT2D eigenvalue weighted by atomic mass is 16.6. The number of nitrogens with one attached hydrogen (secondary N) is 1. The van der Waals surface area contributed by atoms with Crippen molar-refractivity contribution in [3.05, 3.63) is 35.9 Å². The van der Waals surface area contributed by atoms with Gasteiger partial charge in [-0.1, -0.05) is 30.3 Å². The molecule has 0 aliphatic rings. The van der Waals surface area contributed by atoms with E-state index in [0.29, 0.717) is 25.2 Å². The summed E-state index contributed by atoms with van der Waals surface area (Å²) in [5, 5.41) is 2.48. The summed E-state index contributed by atoms with van der Waals surface area (Å²) >= 11 is 0. The van der Waals surface area contributed by atoms with E-state index in [0.717, 1.165) is 5.56 Å². The van der Waals surface area contributed by atoms with Crippen molar-refractivity contribution in [3.63, 3.8) is 0 Å². The number of rotatable bonds is 9. The summed E-state index contributed by atoms with van der Waals surface area (Å²) < 4.78 is 10.3. The highest BCUT2D eigenvalue weighted by Gasteiger charge is 2.19. The number of carbonyl (C=O) groups excluding carboxylic acids is 2. The fraction of sp³-hybridized carbons (Fsp3) is 0.579. The van der Waals surface area contributed by atoms with E-state index >= 15 is 0 Å². The highest BCUT2D eigenvalue weighted by molar-refractivity contribution is 5.80. The molecule has 1 amide bonds. The molecule has 0 saturated heterocycles. The molecular formula is C19H30N2O4. The molecule has 0 heterocycles. The summed E-state index contributed by atoms with van der Waals surface area (Å²) in [6.45, 7) is 11.1. The van der Waals surface area contributed by atoms with E-state index in [-0.39, 0.29) is 6.61 Å². The molecule has 0 aliphatic carbocycles. The fourth-order valence-electron chi connectivity index (χ4n) is 2.49. The van der Waals surface area contributed by atoms with Gasteiger partial charge < -0.3 is 14.8 Å². The second kappa shape index (κ2) is 10.7. The molecule has 0 unspecified atom stereocenters. The van der Waals surface area contributed by atoms with Crippen molar-refractivity contribution < 1.29 is 19.1 Å². The lowest BCUT2D eigenvalue weighted by Crippen LogP contribution is -2.42. The van der Waals surface area contributed by atoms with Gasteiger partial charge in [-0.2, -0.15) is 0 Å². The Bertz CT molecular complexity index is 523. The smallest absolute Gasteiger partial charge is 0.408 e. The van der Waals surface area contributed by atoms with Gasteiger partial charge in [-0.15, -0.1) is 0 Å². The lowest BCUT2D eigenvalue weighted by Gasteiger charge is -2.30. The third kappa shape index (κ3) is 8.03. The number of benzene rings is 1. The quantitative estimate of drug-likeness (QED) is 0.694. The first-order valence-corrected chi connectivity index (χ1v) is 8.70. The Labute approximate surface area is 150 Å². The second-order valence-electron chi connectivity index (χ2n) is 6.52. The molecule has 0 saturated carbocycles. The molecule has 0 aliphatic heterocycles. The molecule has 1 N–H and O–H groups in total. The summed E-state index contributed by atoms with van der Waals surface area (Å²) in [5.41, 5.74) is 0.885. The second-order valence-corrected chi connectivity index (χ2v) is 6.52. The molecule has 1 rings (SSSR count). The standard InChI is InChI=1S/C19H30N2O4/c1-14(2)21(15(3)4)11-12-24-18(22)16(5)20-19(23)25-13-17-9-7-6-8-10-17/h6-10,14-16H,11-13H2,1-5H3,(H,20,23)/t16-/m0/s1. The van der Waals surface area contributed by atoms with Crippen molar-refractivity contribution >= 4 is 12.1 Å². The summed E-state index contributed by atoms with van der Waals surface area (Å²) in [6.07, 6.45) is -0.640. The Balaban J connectivity index is 2.30. The van der Waals surface area contributed by atoms with Crippen molar-refractivity contribution in [2.45, 2.75) is 59.4 Å². The Hall–Kier alpha value is -2.08. The van der Waals surface area contributed by atoms with Gasteiger partial charge in [0.1, 0.15) is 19.3 Å². The molecule has 1 aromatic carbocycles. The molecule has 0 radical (unpaired) electrons. The third-order valence-electron chi connectivity index (χ3n) is 3.82. The maximum absolute atomic E-state index is 12.0. The molecule has 0 fully saturated rings. The average Bonchev–Trinajstić information content (AvgIpc) is 2.56. The van der Waals surface area contributed by atoms with Crippen molar-refractivity contribution in [1.82, 2.24) is 10.2 Å². The molecule has 1 atom stereocenters. The molecule has 6 nitrogen and oxygen atoms in total. The van der Waals surface area contributed by atoms with Gasteiger partial charge in [0, 0.05) is 18.6 Å². The number of nitrogens with zero attached hydrogens (tertiary/aromatic N) is 1. The van der Waals surface area contributed by atoms with Gasteiger partial charge in [-0.05, 0) is 40.2 Å². The first-order chi connectivity index (χ1) is 11.8. The summed E-state index contributed by atoms with van der Waals surface area (Å²) in [5.74, 6) is -0.468. The molecule has 140 valence electrons. The van der Waals surface area contributed by atoms with Gasteiger partial charge in [0.05, 0.1) is 0 Å². The summed E-state index contributed by atoms with van der Waals surface area (Å²) in [4.78, 5) is 25.9. The molecule has 1 aromatic rings. The van der Waals surface area contributed by atoms with E-state index in [2.05, 4.69) is 37.9 Å². The van der Waals surface area contributed by atoms with Crippen LogP contribution in [0.3, 0.4) is 0 Å². The number of esters is 1. The van der Waals surface area contributed by atoms with E-state index in [1.807, 2.05) is 30.3 Å². The van der Waals surface area contributed by atoms with Crippen LogP contribution in [0.2, 0.25) is 0 Å². The molecule has 0 aromatic heterocycles. The zero-order valence-electron chi connectivity index (χ0n) is 15.8. The highest BCUT2D eigenvalue weighted by Crippen LogP contribution is 2.04. The minimum atomic E-state index is -0.755. The van der Waals surface area contributed by atoms with Crippen LogP contribution in [0.25, 0.3) is 0 Å². The third-order valence-corrected chi connectivity index (χ3v) is 3.82. The van der Waals surface area contributed by atoms with Gasteiger partial charge in [-0.25, -0.2) is 9.59 Å². The van der Waals surface area contributed by atoms with E-state index in [1.54, 1.807) is 6.92 Å². The summed E-state index contributed by atoms with van der Waals surface area (Å²) in [7, 11) is 0. The van der Waals surface area contributed by atoms with Gasteiger partial charge in [0.25, 0.3) is 0 Å². The van der Waals surface area contributed by atoms with Crippen molar-refractivity contribution in [3.8, 4) is 0 Å². The van der Waals surface area contributed by atoms with Crippen molar-refractivity contribution in [2.75, 3.05) is 13.2 Å². The van der Waals surface area contributed by atoms with Crippen LogP contribution in [0.5, 0.6) is 0 Å². The summed E-state index contributed by atoms with van der Waals surface area (Å²) in [6, 6.07) is 9.35. The van der Waals surface area contributed by atoms with Crippen LogP contribution in [0.1, 0.15) is 40.2 Å².